The Morgan fingerprint density at radius 2 is 1.74 bits per heavy atom. The average Bonchev–Trinajstić information content (AvgIpc) is 2.60. The maximum Gasteiger partial charge on any atom is 0.244 e. The molecule has 4 heteroatoms. The Balaban J connectivity index is 1.99. The first-order valence-electron chi connectivity index (χ1n) is 7.39. The van der Waals surface area contributed by atoms with Crippen molar-refractivity contribution in [3.8, 4) is 11.5 Å². The third kappa shape index (κ3) is 4.61. The Kier molecular flexibility index (Phi) is 5.80. The Bertz CT molecular complexity index is 677. The van der Waals surface area contributed by atoms with Crippen molar-refractivity contribution in [3.05, 3.63) is 65.7 Å². The molecule has 1 amide bonds. The third-order valence-corrected chi connectivity index (χ3v) is 3.51. The molecule has 0 radical (unpaired) electrons. The molecule has 23 heavy (non-hydrogen) atoms. The second kappa shape index (κ2) is 8.03. The summed E-state index contributed by atoms with van der Waals surface area (Å²) in [7, 11) is 3.24. The summed E-state index contributed by atoms with van der Waals surface area (Å²) < 4.78 is 10.4. The van der Waals surface area contributed by atoms with Crippen LogP contribution in [0.2, 0.25) is 0 Å². The summed E-state index contributed by atoms with van der Waals surface area (Å²) in [6.07, 6.45) is 3.29. The van der Waals surface area contributed by atoms with Crippen LogP contribution in [0, 0.1) is 0 Å². The first-order chi connectivity index (χ1) is 11.1. The fraction of sp³-hybridized carbons (Fsp3) is 0.211. The molecule has 2 rings (SSSR count). The molecule has 0 fully saturated rings. The molecule has 0 aromatic heterocycles. The highest BCUT2D eigenvalue weighted by Crippen LogP contribution is 2.24. The van der Waals surface area contributed by atoms with E-state index in [1.54, 1.807) is 20.3 Å². The lowest BCUT2D eigenvalue weighted by Gasteiger charge is -2.16. The molecule has 2 aromatic carbocycles. The van der Waals surface area contributed by atoms with E-state index in [2.05, 4.69) is 5.32 Å². The van der Waals surface area contributed by atoms with Gasteiger partial charge in [0.25, 0.3) is 0 Å². The molecule has 0 bridgehead atoms. The van der Waals surface area contributed by atoms with E-state index in [1.165, 1.54) is 6.08 Å². The average molecular weight is 311 g/mol. The highest BCUT2D eigenvalue weighted by Gasteiger charge is 2.11. The molecule has 1 N–H and O–H groups in total. The number of hydrogen-bond donors (Lipinski definition) is 1. The van der Waals surface area contributed by atoms with E-state index in [-0.39, 0.29) is 11.9 Å². The minimum absolute atomic E-state index is 0.140. The first-order valence-corrected chi connectivity index (χ1v) is 7.39. The number of benzene rings is 2. The number of para-hydroxylation sites is 1. The second-order valence-electron chi connectivity index (χ2n) is 5.08. The van der Waals surface area contributed by atoms with Gasteiger partial charge in [0.2, 0.25) is 5.91 Å². The zero-order valence-corrected chi connectivity index (χ0v) is 13.6. The molecule has 0 saturated heterocycles. The summed E-state index contributed by atoms with van der Waals surface area (Å²) in [4.78, 5) is 12.1. The smallest absolute Gasteiger partial charge is 0.244 e. The van der Waals surface area contributed by atoms with Crippen LogP contribution in [0.3, 0.4) is 0 Å². The summed E-state index contributed by atoms with van der Waals surface area (Å²) >= 11 is 0. The van der Waals surface area contributed by atoms with E-state index < -0.39 is 0 Å². The van der Waals surface area contributed by atoms with Crippen molar-refractivity contribution in [2.45, 2.75) is 13.0 Å². The maximum absolute atomic E-state index is 12.1. The maximum atomic E-state index is 12.1. The highest BCUT2D eigenvalue weighted by atomic mass is 16.5. The molecule has 0 aliphatic heterocycles. The molecule has 1 atom stereocenters. The number of hydrogen-bond acceptors (Lipinski definition) is 3. The van der Waals surface area contributed by atoms with Crippen molar-refractivity contribution in [2.24, 2.45) is 0 Å². The van der Waals surface area contributed by atoms with E-state index in [0.29, 0.717) is 0 Å². The number of carbonyl (C=O) groups is 1. The van der Waals surface area contributed by atoms with Gasteiger partial charge in [-0.2, -0.15) is 0 Å². The topological polar surface area (TPSA) is 47.6 Å². The fourth-order valence-electron chi connectivity index (χ4n) is 2.25. The van der Waals surface area contributed by atoms with Crippen molar-refractivity contribution in [3.63, 3.8) is 0 Å². The largest absolute Gasteiger partial charge is 0.497 e. The molecule has 0 aliphatic carbocycles. The van der Waals surface area contributed by atoms with Crippen molar-refractivity contribution in [2.75, 3.05) is 14.2 Å². The molecule has 0 spiro atoms. The SMILES string of the molecule is COc1ccc(/C=C/C(=O)N[C@H](C)c2ccccc2OC)cc1. The molecule has 2 aromatic rings. The minimum Gasteiger partial charge on any atom is -0.497 e. The van der Waals surface area contributed by atoms with E-state index in [4.69, 9.17) is 9.47 Å². The molecule has 0 heterocycles. The van der Waals surface area contributed by atoms with Crippen molar-refractivity contribution in [1.29, 1.82) is 0 Å². The zero-order chi connectivity index (χ0) is 16.7. The van der Waals surface area contributed by atoms with Gasteiger partial charge in [0, 0.05) is 11.6 Å². The summed E-state index contributed by atoms with van der Waals surface area (Å²) in [5, 5.41) is 2.93. The molecular weight excluding hydrogens is 290 g/mol. The summed E-state index contributed by atoms with van der Waals surface area (Å²) in [5.74, 6) is 1.40. The van der Waals surface area contributed by atoms with E-state index >= 15 is 0 Å². The molecule has 0 aliphatic rings. The van der Waals surface area contributed by atoms with Crippen molar-refractivity contribution >= 4 is 12.0 Å². The summed E-state index contributed by atoms with van der Waals surface area (Å²) in [6, 6.07) is 15.0. The van der Waals surface area contributed by atoms with Crippen LogP contribution in [-0.2, 0) is 4.79 Å². The number of amides is 1. The number of methoxy groups -OCH3 is 2. The first kappa shape index (κ1) is 16.6. The predicted molar refractivity (Wildman–Crippen MR) is 91.6 cm³/mol. The van der Waals surface area contributed by atoms with Gasteiger partial charge >= 0.3 is 0 Å². The fourth-order valence-corrected chi connectivity index (χ4v) is 2.25. The molecule has 120 valence electrons. The zero-order valence-electron chi connectivity index (χ0n) is 13.6. The van der Waals surface area contributed by atoms with Gasteiger partial charge < -0.3 is 14.8 Å². The molecule has 0 saturated carbocycles. The number of rotatable bonds is 6. The van der Waals surface area contributed by atoms with Gasteiger partial charge in [0.15, 0.2) is 0 Å². The van der Waals surface area contributed by atoms with Crippen LogP contribution in [0.4, 0.5) is 0 Å². The van der Waals surface area contributed by atoms with Gasteiger partial charge in [-0.3, -0.25) is 4.79 Å². The van der Waals surface area contributed by atoms with Gasteiger partial charge in [-0.15, -0.1) is 0 Å². The third-order valence-electron chi connectivity index (χ3n) is 3.51. The second-order valence-corrected chi connectivity index (χ2v) is 5.08. The highest BCUT2D eigenvalue weighted by molar-refractivity contribution is 5.92. The molecule has 0 unspecified atom stereocenters. The van der Waals surface area contributed by atoms with Crippen molar-refractivity contribution < 1.29 is 14.3 Å². The Hall–Kier alpha value is -2.75. The van der Waals surface area contributed by atoms with Gasteiger partial charge in [-0.05, 0) is 36.8 Å². The van der Waals surface area contributed by atoms with Crippen LogP contribution in [0.1, 0.15) is 24.1 Å². The van der Waals surface area contributed by atoms with Crippen molar-refractivity contribution in [1.82, 2.24) is 5.32 Å². The van der Waals surface area contributed by atoms with Crippen LogP contribution in [-0.4, -0.2) is 20.1 Å². The van der Waals surface area contributed by atoms with Crippen LogP contribution in [0.5, 0.6) is 11.5 Å². The summed E-state index contributed by atoms with van der Waals surface area (Å²) in [5.41, 5.74) is 1.88. The number of nitrogens with one attached hydrogen (secondary N) is 1. The van der Waals surface area contributed by atoms with Crippen LogP contribution < -0.4 is 14.8 Å². The quantitative estimate of drug-likeness (QED) is 0.829. The Labute approximate surface area is 136 Å². The predicted octanol–water partition coefficient (Wildman–Crippen LogP) is 3.59. The summed E-state index contributed by atoms with van der Waals surface area (Å²) in [6.45, 7) is 1.93. The Morgan fingerprint density at radius 3 is 2.39 bits per heavy atom. The Morgan fingerprint density at radius 1 is 1.04 bits per heavy atom. The monoisotopic (exact) mass is 311 g/mol. The van der Waals surface area contributed by atoms with Gasteiger partial charge in [0.1, 0.15) is 11.5 Å². The van der Waals surface area contributed by atoms with Gasteiger partial charge in [-0.1, -0.05) is 30.3 Å². The van der Waals surface area contributed by atoms with Gasteiger partial charge in [0.05, 0.1) is 20.3 Å². The van der Waals surface area contributed by atoms with Crippen LogP contribution in [0.15, 0.2) is 54.6 Å². The number of carbonyl (C=O) groups excluding carboxylic acids is 1. The lowest BCUT2D eigenvalue weighted by molar-refractivity contribution is -0.117. The molecule has 4 nitrogen and oxygen atoms in total. The van der Waals surface area contributed by atoms with Crippen LogP contribution >= 0.6 is 0 Å². The minimum atomic E-state index is -0.153. The normalized spacial score (nSPS) is 12.0. The van der Waals surface area contributed by atoms with E-state index in [0.717, 1.165) is 22.6 Å². The lowest BCUT2D eigenvalue weighted by Crippen LogP contribution is -2.24. The standard InChI is InChI=1S/C19H21NO3/c1-14(17-6-4-5-7-18(17)23-3)20-19(21)13-10-15-8-11-16(22-2)12-9-15/h4-14H,1-3H3,(H,20,21)/b13-10+/t14-/m1/s1. The number of ether oxygens (including phenoxy) is 2. The lowest BCUT2D eigenvalue weighted by atomic mass is 10.1. The van der Waals surface area contributed by atoms with Gasteiger partial charge in [-0.25, -0.2) is 0 Å². The van der Waals surface area contributed by atoms with Crippen LogP contribution in [0.25, 0.3) is 6.08 Å². The van der Waals surface area contributed by atoms with E-state index in [1.807, 2.05) is 55.5 Å². The van der Waals surface area contributed by atoms with E-state index in [9.17, 15) is 4.79 Å². The molecular formula is C19H21NO3.